The summed E-state index contributed by atoms with van der Waals surface area (Å²) in [6.45, 7) is 0. The minimum Gasteiger partial charge on any atom is -0.496 e. The Kier molecular flexibility index (Phi) is 3.43. The fraction of sp³-hybridized carbons (Fsp3) is 0.538. The van der Waals surface area contributed by atoms with Crippen molar-refractivity contribution < 1.29 is 14.2 Å². The van der Waals surface area contributed by atoms with Crippen LogP contribution in [0.1, 0.15) is 17.5 Å². The first-order valence-corrected chi connectivity index (χ1v) is 5.77. The van der Waals surface area contributed by atoms with E-state index in [0.29, 0.717) is 5.75 Å². The Labute approximate surface area is 102 Å². The van der Waals surface area contributed by atoms with Gasteiger partial charge in [-0.3, -0.25) is 0 Å². The number of ether oxygens (including phenoxy) is 3. The molecule has 94 valence electrons. The van der Waals surface area contributed by atoms with Gasteiger partial charge in [-0.05, 0) is 19.3 Å². The van der Waals surface area contributed by atoms with Gasteiger partial charge in [-0.25, -0.2) is 0 Å². The van der Waals surface area contributed by atoms with Gasteiger partial charge >= 0.3 is 0 Å². The third-order valence-electron chi connectivity index (χ3n) is 3.30. The van der Waals surface area contributed by atoms with Gasteiger partial charge in [-0.15, -0.1) is 0 Å². The van der Waals surface area contributed by atoms with Crippen molar-refractivity contribution in [3.05, 3.63) is 17.2 Å². The summed E-state index contributed by atoms with van der Waals surface area (Å²) in [5.74, 6) is 2.36. The molecule has 4 heteroatoms. The number of methoxy groups -OCH3 is 3. The zero-order valence-electron chi connectivity index (χ0n) is 10.6. The second-order valence-corrected chi connectivity index (χ2v) is 4.27. The summed E-state index contributed by atoms with van der Waals surface area (Å²) in [6.07, 6.45) is 2.73. The molecule has 0 bridgehead atoms. The van der Waals surface area contributed by atoms with E-state index in [0.717, 1.165) is 36.3 Å². The van der Waals surface area contributed by atoms with Crippen molar-refractivity contribution in [2.45, 2.75) is 25.3 Å². The Morgan fingerprint density at radius 2 is 1.76 bits per heavy atom. The fourth-order valence-corrected chi connectivity index (χ4v) is 2.45. The van der Waals surface area contributed by atoms with Crippen molar-refractivity contribution >= 4 is 0 Å². The van der Waals surface area contributed by atoms with Crippen molar-refractivity contribution in [2.24, 2.45) is 5.73 Å². The van der Waals surface area contributed by atoms with Crippen LogP contribution in [-0.4, -0.2) is 27.4 Å². The van der Waals surface area contributed by atoms with Crippen LogP contribution in [0.15, 0.2) is 6.07 Å². The first kappa shape index (κ1) is 12.0. The van der Waals surface area contributed by atoms with Gasteiger partial charge in [0.15, 0.2) is 11.5 Å². The number of hydrogen-bond donors (Lipinski definition) is 1. The summed E-state index contributed by atoms with van der Waals surface area (Å²) in [5.41, 5.74) is 8.35. The molecule has 0 fully saturated rings. The van der Waals surface area contributed by atoms with Crippen LogP contribution in [0, 0.1) is 0 Å². The Morgan fingerprint density at radius 1 is 1.06 bits per heavy atom. The summed E-state index contributed by atoms with van der Waals surface area (Å²) in [5, 5.41) is 0. The average Bonchev–Trinajstić information content (AvgIpc) is 2.36. The lowest BCUT2D eigenvalue weighted by molar-refractivity contribution is 0.339. The predicted molar refractivity (Wildman–Crippen MR) is 66.1 cm³/mol. The predicted octanol–water partition coefficient (Wildman–Crippen LogP) is 1.53. The Balaban J connectivity index is 2.59. The molecule has 17 heavy (non-hydrogen) atoms. The molecule has 0 saturated heterocycles. The molecule has 1 atom stereocenters. The normalized spacial score (nSPS) is 18.5. The molecule has 0 amide bonds. The standard InChI is InChI=1S/C13H19NO3/c1-15-11-7-12(16-2)13(17-3)10-6-8(14)4-5-9(10)11/h7-8H,4-6,14H2,1-3H3. The van der Waals surface area contributed by atoms with E-state index in [4.69, 9.17) is 19.9 Å². The van der Waals surface area contributed by atoms with Crippen molar-refractivity contribution in [2.75, 3.05) is 21.3 Å². The SMILES string of the molecule is COc1cc(OC)c(OC)c2c1CCC(N)C2. The Hall–Kier alpha value is -1.42. The average molecular weight is 237 g/mol. The summed E-state index contributed by atoms with van der Waals surface area (Å²) < 4.78 is 16.2. The Morgan fingerprint density at radius 3 is 2.35 bits per heavy atom. The van der Waals surface area contributed by atoms with Crippen LogP contribution >= 0.6 is 0 Å². The minimum absolute atomic E-state index is 0.188. The van der Waals surface area contributed by atoms with Crippen LogP contribution in [0.5, 0.6) is 17.2 Å². The monoisotopic (exact) mass is 237 g/mol. The second kappa shape index (κ2) is 4.84. The first-order valence-electron chi connectivity index (χ1n) is 5.77. The van der Waals surface area contributed by atoms with Crippen LogP contribution in [0.2, 0.25) is 0 Å². The topological polar surface area (TPSA) is 53.7 Å². The van der Waals surface area contributed by atoms with Crippen LogP contribution in [0.4, 0.5) is 0 Å². The summed E-state index contributed by atoms with van der Waals surface area (Å²) in [4.78, 5) is 0. The van der Waals surface area contributed by atoms with Gasteiger partial charge in [-0.1, -0.05) is 0 Å². The van der Waals surface area contributed by atoms with Crippen LogP contribution < -0.4 is 19.9 Å². The summed E-state index contributed by atoms with van der Waals surface area (Å²) in [6, 6.07) is 2.07. The number of nitrogens with two attached hydrogens (primary N) is 1. The molecule has 0 radical (unpaired) electrons. The summed E-state index contributed by atoms with van der Waals surface area (Å²) >= 11 is 0. The van der Waals surface area contributed by atoms with E-state index >= 15 is 0 Å². The number of hydrogen-bond acceptors (Lipinski definition) is 4. The van der Waals surface area contributed by atoms with Gasteiger partial charge < -0.3 is 19.9 Å². The van der Waals surface area contributed by atoms with Gasteiger partial charge in [0.2, 0.25) is 0 Å². The van der Waals surface area contributed by atoms with E-state index in [1.165, 1.54) is 5.56 Å². The number of fused-ring (bicyclic) bond motifs is 1. The van der Waals surface area contributed by atoms with Crippen LogP contribution in [0.3, 0.4) is 0 Å². The third-order valence-corrected chi connectivity index (χ3v) is 3.30. The second-order valence-electron chi connectivity index (χ2n) is 4.27. The fourth-order valence-electron chi connectivity index (χ4n) is 2.45. The number of benzene rings is 1. The van der Waals surface area contributed by atoms with E-state index in [1.54, 1.807) is 21.3 Å². The lowest BCUT2D eigenvalue weighted by Crippen LogP contribution is -2.28. The highest BCUT2D eigenvalue weighted by molar-refractivity contribution is 5.58. The molecule has 0 aromatic heterocycles. The van der Waals surface area contributed by atoms with E-state index in [1.807, 2.05) is 6.07 Å². The maximum Gasteiger partial charge on any atom is 0.164 e. The van der Waals surface area contributed by atoms with Crippen molar-refractivity contribution in [3.8, 4) is 17.2 Å². The highest BCUT2D eigenvalue weighted by atomic mass is 16.5. The third kappa shape index (κ3) is 2.05. The number of rotatable bonds is 3. The van der Waals surface area contributed by atoms with E-state index in [9.17, 15) is 0 Å². The Bertz CT molecular complexity index is 395. The van der Waals surface area contributed by atoms with E-state index in [-0.39, 0.29) is 6.04 Å². The molecule has 0 spiro atoms. The van der Waals surface area contributed by atoms with Gasteiger partial charge in [0.25, 0.3) is 0 Å². The molecule has 1 aliphatic rings. The lowest BCUT2D eigenvalue weighted by atomic mass is 9.87. The van der Waals surface area contributed by atoms with Crippen LogP contribution in [0.25, 0.3) is 0 Å². The van der Waals surface area contributed by atoms with Crippen molar-refractivity contribution in [1.82, 2.24) is 0 Å². The van der Waals surface area contributed by atoms with Crippen molar-refractivity contribution in [3.63, 3.8) is 0 Å². The van der Waals surface area contributed by atoms with Gasteiger partial charge in [-0.2, -0.15) is 0 Å². The molecular formula is C13H19NO3. The molecule has 1 aromatic rings. The lowest BCUT2D eigenvalue weighted by Gasteiger charge is -2.26. The molecule has 0 saturated carbocycles. The zero-order chi connectivity index (χ0) is 12.4. The molecule has 2 N–H and O–H groups in total. The molecule has 0 heterocycles. The molecule has 1 aliphatic carbocycles. The van der Waals surface area contributed by atoms with Gasteiger partial charge in [0.05, 0.1) is 21.3 Å². The van der Waals surface area contributed by atoms with Crippen molar-refractivity contribution in [1.29, 1.82) is 0 Å². The highest BCUT2D eigenvalue weighted by Crippen LogP contribution is 2.42. The van der Waals surface area contributed by atoms with Crippen LogP contribution in [-0.2, 0) is 12.8 Å². The zero-order valence-corrected chi connectivity index (χ0v) is 10.6. The molecule has 4 nitrogen and oxygen atoms in total. The quantitative estimate of drug-likeness (QED) is 0.866. The molecular weight excluding hydrogens is 218 g/mol. The molecule has 1 unspecified atom stereocenters. The smallest absolute Gasteiger partial charge is 0.164 e. The molecule has 1 aromatic carbocycles. The van der Waals surface area contributed by atoms with Gasteiger partial charge in [0, 0.05) is 23.2 Å². The maximum atomic E-state index is 6.02. The largest absolute Gasteiger partial charge is 0.496 e. The van der Waals surface area contributed by atoms with E-state index < -0.39 is 0 Å². The minimum atomic E-state index is 0.188. The van der Waals surface area contributed by atoms with E-state index in [2.05, 4.69) is 0 Å². The van der Waals surface area contributed by atoms with Gasteiger partial charge in [0.1, 0.15) is 5.75 Å². The first-order chi connectivity index (χ1) is 8.21. The summed E-state index contributed by atoms with van der Waals surface area (Å²) in [7, 11) is 4.97. The maximum absolute atomic E-state index is 6.02. The molecule has 2 rings (SSSR count). The molecule has 0 aliphatic heterocycles. The highest BCUT2D eigenvalue weighted by Gasteiger charge is 2.25.